The summed E-state index contributed by atoms with van der Waals surface area (Å²) in [5, 5.41) is 2.51. The van der Waals surface area contributed by atoms with Crippen molar-refractivity contribution in [1.29, 1.82) is 0 Å². The van der Waals surface area contributed by atoms with Gasteiger partial charge in [-0.3, -0.25) is 0 Å². The highest BCUT2D eigenvalue weighted by atomic mass is 19.2. The zero-order chi connectivity index (χ0) is 13.3. The largest absolute Gasteiger partial charge is 0.395 e. The first-order chi connectivity index (χ1) is 8.49. The Labute approximate surface area is 100 Å². The number of anilines is 3. The number of para-hydroxylation sites is 1. The predicted molar refractivity (Wildman–Crippen MR) is 60.4 cm³/mol. The smallest absolute Gasteiger partial charge is 0.194 e. The van der Waals surface area contributed by atoms with Crippen molar-refractivity contribution in [2.45, 2.75) is 0 Å². The van der Waals surface area contributed by atoms with Crippen molar-refractivity contribution in [3.8, 4) is 0 Å². The molecule has 94 valence electrons. The van der Waals surface area contributed by atoms with Crippen LogP contribution in [0.4, 0.5) is 34.6 Å². The molecule has 0 atom stereocenters. The van der Waals surface area contributed by atoms with Gasteiger partial charge >= 0.3 is 0 Å². The Bertz CT molecular complexity index is 576. The molecule has 0 heterocycles. The van der Waals surface area contributed by atoms with Crippen LogP contribution in [0.1, 0.15) is 0 Å². The summed E-state index contributed by atoms with van der Waals surface area (Å²) >= 11 is 0. The fourth-order valence-corrected chi connectivity index (χ4v) is 1.43. The number of hydrogen-bond donors (Lipinski definition) is 2. The van der Waals surface area contributed by atoms with Crippen LogP contribution in [0.5, 0.6) is 0 Å². The van der Waals surface area contributed by atoms with Crippen LogP contribution >= 0.6 is 0 Å². The normalized spacial score (nSPS) is 10.4. The van der Waals surface area contributed by atoms with Gasteiger partial charge in [0.25, 0.3) is 0 Å². The number of nitrogen functional groups attached to an aromatic ring is 1. The minimum atomic E-state index is -1.56. The van der Waals surface area contributed by atoms with Gasteiger partial charge in [-0.2, -0.15) is 0 Å². The van der Waals surface area contributed by atoms with Gasteiger partial charge in [0.2, 0.25) is 0 Å². The molecule has 0 aromatic heterocycles. The highest BCUT2D eigenvalue weighted by Gasteiger charge is 2.11. The van der Waals surface area contributed by atoms with Crippen LogP contribution in [0.15, 0.2) is 30.3 Å². The van der Waals surface area contributed by atoms with Gasteiger partial charge in [0.15, 0.2) is 17.5 Å². The number of nitrogens with two attached hydrogens (primary N) is 1. The Morgan fingerprint density at radius 1 is 0.889 bits per heavy atom. The van der Waals surface area contributed by atoms with Gasteiger partial charge in [0.1, 0.15) is 5.82 Å². The zero-order valence-electron chi connectivity index (χ0n) is 8.98. The molecule has 2 aromatic rings. The SMILES string of the molecule is Nc1c(F)cccc1Nc1cc(F)c(F)c(F)c1. The Hall–Kier alpha value is -2.24. The maximum absolute atomic E-state index is 13.1. The molecular formula is C12H8F4N2. The summed E-state index contributed by atoms with van der Waals surface area (Å²) in [6.45, 7) is 0. The maximum Gasteiger partial charge on any atom is 0.194 e. The number of halogens is 4. The second kappa shape index (κ2) is 4.56. The van der Waals surface area contributed by atoms with Gasteiger partial charge < -0.3 is 11.1 Å². The summed E-state index contributed by atoms with van der Waals surface area (Å²) in [4.78, 5) is 0. The molecule has 0 aliphatic heterocycles. The lowest BCUT2D eigenvalue weighted by Gasteiger charge is -2.10. The quantitative estimate of drug-likeness (QED) is 0.489. The van der Waals surface area contributed by atoms with E-state index in [0.29, 0.717) is 0 Å². The summed E-state index contributed by atoms with van der Waals surface area (Å²) in [7, 11) is 0. The zero-order valence-corrected chi connectivity index (χ0v) is 8.98. The van der Waals surface area contributed by atoms with E-state index in [-0.39, 0.29) is 17.1 Å². The Morgan fingerprint density at radius 3 is 2.11 bits per heavy atom. The van der Waals surface area contributed by atoms with E-state index in [1.165, 1.54) is 12.1 Å². The summed E-state index contributed by atoms with van der Waals surface area (Å²) in [5.41, 5.74) is 5.32. The fourth-order valence-electron chi connectivity index (χ4n) is 1.43. The lowest BCUT2D eigenvalue weighted by molar-refractivity contribution is 0.448. The van der Waals surface area contributed by atoms with Crippen LogP contribution in [0.3, 0.4) is 0 Å². The number of rotatable bonds is 2. The molecule has 0 saturated heterocycles. The van der Waals surface area contributed by atoms with Crippen LogP contribution in [0.2, 0.25) is 0 Å². The third kappa shape index (κ3) is 2.22. The molecule has 2 aromatic carbocycles. The number of benzene rings is 2. The second-order valence-corrected chi connectivity index (χ2v) is 3.58. The first-order valence-electron chi connectivity index (χ1n) is 4.94. The number of hydrogen-bond acceptors (Lipinski definition) is 2. The molecule has 0 fully saturated rings. The standard InChI is InChI=1S/C12H8F4N2/c13-7-2-1-3-10(12(7)17)18-6-4-8(14)11(16)9(15)5-6/h1-5,18H,17H2. The Kier molecular flexibility index (Phi) is 3.10. The summed E-state index contributed by atoms with van der Waals surface area (Å²) in [6, 6.07) is 5.46. The van der Waals surface area contributed by atoms with Crippen LogP contribution in [0.25, 0.3) is 0 Å². The average molecular weight is 256 g/mol. The molecule has 2 rings (SSSR count). The Morgan fingerprint density at radius 2 is 1.50 bits per heavy atom. The molecule has 0 amide bonds. The minimum absolute atomic E-state index is 0.0660. The van der Waals surface area contributed by atoms with Gasteiger partial charge in [-0.05, 0) is 12.1 Å². The molecule has 0 spiro atoms. The lowest BCUT2D eigenvalue weighted by Crippen LogP contribution is -2.00. The maximum atomic E-state index is 13.1. The van der Waals surface area contributed by atoms with Crippen molar-refractivity contribution >= 4 is 17.1 Å². The van der Waals surface area contributed by atoms with Gasteiger partial charge in [-0.25, -0.2) is 17.6 Å². The third-order valence-corrected chi connectivity index (χ3v) is 2.32. The van der Waals surface area contributed by atoms with Crippen molar-refractivity contribution in [1.82, 2.24) is 0 Å². The third-order valence-electron chi connectivity index (χ3n) is 2.32. The van der Waals surface area contributed by atoms with E-state index in [1.54, 1.807) is 0 Å². The van der Waals surface area contributed by atoms with Crippen LogP contribution in [-0.2, 0) is 0 Å². The van der Waals surface area contributed by atoms with Crippen molar-refractivity contribution in [2.24, 2.45) is 0 Å². The average Bonchev–Trinajstić information content (AvgIpc) is 2.32. The van der Waals surface area contributed by atoms with E-state index in [1.807, 2.05) is 0 Å². The summed E-state index contributed by atoms with van der Waals surface area (Å²) in [6.07, 6.45) is 0. The van der Waals surface area contributed by atoms with E-state index in [0.717, 1.165) is 18.2 Å². The molecule has 0 aliphatic carbocycles. The topological polar surface area (TPSA) is 38.0 Å². The molecular weight excluding hydrogens is 248 g/mol. The van der Waals surface area contributed by atoms with E-state index in [9.17, 15) is 17.6 Å². The summed E-state index contributed by atoms with van der Waals surface area (Å²) in [5.74, 6) is -4.91. The first-order valence-corrected chi connectivity index (χ1v) is 4.94. The number of nitrogens with one attached hydrogen (secondary N) is 1. The molecule has 18 heavy (non-hydrogen) atoms. The van der Waals surface area contributed by atoms with Crippen LogP contribution in [-0.4, -0.2) is 0 Å². The van der Waals surface area contributed by atoms with Gasteiger partial charge in [-0.1, -0.05) is 6.07 Å². The molecule has 6 heteroatoms. The van der Waals surface area contributed by atoms with Gasteiger partial charge in [0, 0.05) is 17.8 Å². The summed E-state index contributed by atoms with van der Waals surface area (Å²) < 4.78 is 51.8. The predicted octanol–water partition coefficient (Wildman–Crippen LogP) is 3.57. The van der Waals surface area contributed by atoms with Crippen molar-refractivity contribution in [3.63, 3.8) is 0 Å². The molecule has 0 aliphatic rings. The molecule has 0 unspecified atom stereocenters. The molecule has 3 N–H and O–H groups in total. The van der Waals surface area contributed by atoms with Crippen molar-refractivity contribution < 1.29 is 17.6 Å². The molecule has 0 bridgehead atoms. The van der Waals surface area contributed by atoms with E-state index >= 15 is 0 Å². The Balaban J connectivity index is 2.37. The molecule has 0 saturated carbocycles. The van der Waals surface area contributed by atoms with Crippen molar-refractivity contribution in [2.75, 3.05) is 11.1 Å². The molecule has 2 nitrogen and oxygen atoms in total. The van der Waals surface area contributed by atoms with Crippen molar-refractivity contribution in [3.05, 3.63) is 53.6 Å². The van der Waals surface area contributed by atoms with Gasteiger partial charge in [0.05, 0.1) is 11.4 Å². The van der Waals surface area contributed by atoms with Gasteiger partial charge in [-0.15, -0.1) is 0 Å². The van der Waals surface area contributed by atoms with E-state index in [2.05, 4.69) is 5.32 Å². The highest BCUT2D eigenvalue weighted by Crippen LogP contribution is 2.26. The second-order valence-electron chi connectivity index (χ2n) is 3.58. The van der Waals surface area contributed by atoms with Crippen LogP contribution < -0.4 is 11.1 Å². The fraction of sp³-hybridized carbons (Fsp3) is 0. The highest BCUT2D eigenvalue weighted by molar-refractivity contribution is 5.72. The van der Waals surface area contributed by atoms with Crippen LogP contribution in [0, 0.1) is 23.3 Å². The first kappa shape index (κ1) is 12.2. The lowest BCUT2D eigenvalue weighted by atomic mass is 10.2. The van der Waals surface area contributed by atoms with E-state index < -0.39 is 23.3 Å². The minimum Gasteiger partial charge on any atom is -0.395 e. The molecule has 0 radical (unpaired) electrons. The monoisotopic (exact) mass is 256 g/mol. The van der Waals surface area contributed by atoms with E-state index in [4.69, 9.17) is 5.73 Å².